The number of imidazole rings is 1. The van der Waals surface area contributed by atoms with Crippen molar-refractivity contribution in [1.82, 2.24) is 14.1 Å². The molecule has 0 bridgehead atoms. The molecule has 0 atom stereocenters. The van der Waals surface area contributed by atoms with Crippen LogP contribution in [0.25, 0.3) is 39.0 Å². The maximum absolute atomic E-state index is 6.68. The van der Waals surface area contributed by atoms with Gasteiger partial charge in [0.2, 0.25) is 0 Å². The summed E-state index contributed by atoms with van der Waals surface area (Å²) in [6.07, 6.45) is 7.78. The summed E-state index contributed by atoms with van der Waals surface area (Å²) in [7, 11) is 0. The van der Waals surface area contributed by atoms with E-state index >= 15 is 0 Å². The average Bonchev–Trinajstić information content (AvgIpc) is 3.87. The molecule has 0 aliphatic heterocycles. The topological polar surface area (TPSA) is 35.9 Å². The van der Waals surface area contributed by atoms with E-state index in [9.17, 15) is 0 Å². The second-order valence-corrected chi connectivity index (χ2v) is 19.9. The van der Waals surface area contributed by atoms with Crippen molar-refractivity contribution in [1.29, 1.82) is 0 Å². The van der Waals surface area contributed by atoms with Gasteiger partial charge in [-0.05, 0) is 80.1 Å². The summed E-state index contributed by atoms with van der Waals surface area (Å²) in [5, 5.41) is 2.23. The maximum atomic E-state index is 6.68. The summed E-state index contributed by atoms with van der Waals surface area (Å²) in [6.45, 7) is 22.6. The van der Waals surface area contributed by atoms with Crippen LogP contribution in [0.4, 0.5) is 0 Å². The molecule has 0 amide bonds. The normalized spacial score (nSPS) is 12.4. The smallest absolute Gasteiger partial charge is 0.267 e. The van der Waals surface area contributed by atoms with Gasteiger partial charge < -0.3 is 13.9 Å². The Labute approximate surface area is 393 Å². The van der Waals surface area contributed by atoms with Crippen molar-refractivity contribution in [2.45, 2.75) is 90.9 Å². The molecule has 0 aliphatic rings. The summed E-state index contributed by atoms with van der Waals surface area (Å²) < 4.78 is 13.1. The van der Waals surface area contributed by atoms with Crippen LogP contribution in [0, 0.1) is 18.5 Å². The van der Waals surface area contributed by atoms with Gasteiger partial charge in [-0.15, -0.1) is 29.7 Å². The van der Waals surface area contributed by atoms with Crippen molar-refractivity contribution in [3.8, 4) is 28.7 Å². The van der Waals surface area contributed by atoms with Gasteiger partial charge in [-0.3, -0.25) is 4.57 Å². The molecule has 6 aromatic carbocycles. The Hall–Kier alpha value is -6.03. The first-order valence-electron chi connectivity index (χ1n) is 22.0. The molecule has 9 rings (SSSR count). The Bertz CT molecular complexity index is 3110. The molecular weight excluding hydrogens is 964 g/mol. The van der Waals surface area contributed by atoms with Crippen molar-refractivity contribution < 1.29 is 30.4 Å². The minimum atomic E-state index is -0.336. The number of pyridine rings is 1. The Balaban J connectivity index is 0.00000560. The van der Waals surface area contributed by atoms with E-state index in [2.05, 4.69) is 224 Å². The fraction of sp³-hybridized carbons (Fsp3) is 0.241. The third kappa shape index (κ3) is 8.39. The second-order valence-electron chi connectivity index (χ2n) is 19.9. The zero-order chi connectivity index (χ0) is 44.3. The molecule has 0 radical (unpaired) electrons. The third-order valence-corrected chi connectivity index (χ3v) is 12.7. The molecular formula is C58H56N4OPt-2. The minimum Gasteiger partial charge on any atom is -0.510 e. The van der Waals surface area contributed by atoms with Crippen molar-refractivity contribution in [3.05, 3.63) is 210 Å². The number of fused-ring (bicyclic) bond motifs is 3. The van der Waals surface area contributed by atoms with Crippen LogP contribution in [0.2, 0.25) is 0 Å². The Morgan fingerprint density at radius 1 is 0.531 bits per heavy atom. The van der Waals surface area contributed by atoms with Gasteiger partial charge in [0, 0.05) is 61.3 Å². The van der Waals surface area contributed by atoms with E-state index in [1.165, 1.54) is 27.8 Å². The number of hydrogen-bond acceptors (Lipinski definition) is 2. The van der Waals surface area contributed by atoms with Gasteiger partial charge in [-0.1, -0.05) is 160 Å². The minimum absolute atomic E-state index is 0. The molecule has 0 aliphatic carbocycles. The van der Waals surface area contributed by atoms with Crippen LogP contribution < -0.4 is 9.30 Å². The molecule has 0 unspecified atom stereocenters. The molecule has 0 spiro atoms. The van der Waals surface area contributed by atoms with Crippen LogP contribution in [0.5, 0.6) is 11.5 Å². The molecule has 0 saturated heterocycles. The molecule has 6 heteroatoms. The van der Waals surface area contributed by atoms with Crippen LogP contribution in [-0.2, 0) is 42.7 Å². The number of ether oxygens (including phenoxy) is 1. The van der Waals surface area contributed by atoms with Gasteiger partial charge in [0.05, 0.1) is 11.4 Å². The van der Waals surface area contributed by atoms with Crippen molar-refractivity contribution in [2.24, 2.45) is 0 Å². The molecule has 64 heavy (non-hydrogen) atoms. The molecule has 326 valence electrons. The standard InChI is InChI=1S/C58H56N4O.Pt/c1-55(2,3)42-23-17-25-46(33-42)61-39-60(38-53(61)58(9,10)41-21-15-12-16-22-41)45-24-18-26-47(36-45)63-48-28-29-49-50-34-44(57(7,8)40-19-13-11-14-20-40)27-30-51(50)62(52(49)37-48)54-35-43(31-32-59-54)56(4,5)6;/h11-35,38H,1-10H3;/q-2;. The molecule has 3 aromatic heterocycles. The summed E-state index contributed by atoms with van der Waals surface area (Å²) >= 11 is 0. The largest absolute Gasteiger partial charge is 0.510 e. The van der Waals surface area contributed by atoms with Crippen LogP contribution in [-0.4, -0.2) is 14.1 Å². The zero-order valence-electron chi connectivity index (χ0n) is 38.5. The number of benzene rings is 6. The van der Waals surface area contributed by atoms with Crippen LogP contribution in [0.15, 0.2) is 158 Å². The average molecular weight is 1020 g/mol. The van der Waals surface area contributed by atoms with E-state index in [0.717, 1.165) is 44.7 Å². The predicted octanol–water partition coefficient (Wildman–Crippen LogP) is 13.7. The van der Waals surface area contributed by atoms with E-state index in [1.807, 2.05) is 35.0 Å². The van der Waals surface area contributed by atoms with E-state index < -0.39 is 0 Å². The molecule has 5 nitrogen and oxygen atoms in total. The van der Waals surface area contributed by atoms with Gasteiger partial charge in [-0.25, -0.2) is 4.98 Å². The van der Waals surface area contributed by atoms with E-state index in [4.69, 9.17) is 9.72 Å². The maximum Gasteiger partial charge on any atom is 0.267 e. The first-order chi connectivity index (χ1) is 30.0. The molecule has 9 aromatic rings. The van der Waals surface area contributed by atoms with E-state index in [1.54, 1.807) is 0 Å². The fourth-order valence-corrected chi connectivity index (χ4v) is 8.64. The van der Waals surface area contributed by atoms with Crippen LogP contribution >= 0.6 is 0 Å². The van der Waals surface area contributed by atoms with Crippen LogP contribution in [0.3, 0.4) is 0 Å². The quantitative estimate of drug-likeness (QED) is 0.107. The summed E-state index contributed by atoms with van der Waals surface area (Å²) in [5.74, 6) is 2.02. The zero-order valence-corrected chi connectivity index (χ0v) is 40.8. The third-order valence-electron chi connectivity index (χ3n) is 12.7. The van der Waals surface area contributed by atoms with Gasteiger partial charge in [0.15, 0.2) is 0 Å². The molecule has 0 fully saturated rings. The Morgan fingerprint density at radius 3 is 1.84 bits per heavy atom. The molecule has 3 heterocycles. The van der Waals surface area contributed by atoms with Gasteiger partial charge in [0.25, 0.3) is 6.33 Å². The van der Waals surface area contributed by atoms with E-state index in [0.29, 0.717) is 11.5 Å². The Morgan fingerprint density at radius 2 is 1.16 bits per heavy atom. The van der Waals surface area contributed by atoms with Crippen LogP contribution in [0.1, 0.15) is 103 Å². The number of nitrogens with zero attached hydrogens (tertiary/aromatic N) is 4. The van der Waals surface area contributed by atoms with Gasteiger partial charge in [-0.2, -0.15) is 18.2 Å². The molecule has 0 N–H and O–H groups in total. The monoisotopic (exact) mass is 1020 g/mol. The summed E-state index contributed by atoms with van der Waals surface area (Å²) in [5.41, 5.74) is 10.6. The number of hydrogen-bond donors (Lipinski definition) is 0. The van der Waals surface area contributed by atoms with Gasteiger partial charge >= 0.3 is 0 Å². The van der Waals surface area contributed by atoms with E-state index in [-0.39, 0.29) is 42.7 Å². The second kappa shape index (κ2) is 16.8. The van der Waals surface area contributed by atoms with Crippen molar-refractivity contribution >= 4 is 21.8 Å². The SMILES string of the molecule is CC(C)(C)c1cccc(-[n+]2[c-]n(-c3[c-]c(Oc4[c-]c5c(cc4)c4cc(C(C)(C)c6ccccc6)ccc4n5-c4cc(C(C)(C)C)ccn4)ccc3)cc2C(C)(C)c2ccccc2)c1.[Pt]. The first-order valence-corrected chi connectivity index (χ1v) is 22.0. The number of rotatable bonds is 9. The molecule has 0 saturated carbocycles. The predicted molar refractivity (Wildman–Crippen MR) is 257 cm³/mol. The van der Waals surface area contributed by atoms with Crippen molar-refractivity contribution in [2.75, 3.05) is 0 Å². The first kappa shape index (κ1) is 44.6. The van der Waals surface area contributed by atoms with Crippen molar-refractivity contribution in [3.63, 3.8) is 0 Å². The van der Waals surface area contributed by atoms with Gasteiger partial charge in [0.1, 0.15) is 5.82 Å². The Kier molecular flexibility index (Phi) is 11.7. The fourth-order valence-electron chi connectivity index (χ4n) is 8.64. The number of aromatic nitrogens is 4. The summed E-state index contributed by atoms with van der Waals surface area (Å²) in [6, 6.07) is 58.7. The summed E-state index contributed by atoms with van der Waals surface area (Å²) in [4.78, 5) is 4.95.